The number of nitrogens with two attached hydrogens (primary N) is 1. The Bertz CT molecular complexity index is 203. The largest absolute Gasteiger partial charge is 0.409 e. The van der Waals surface area contributed by atoms with Gasteiger partial charge in [-0.15, -0.1) is 0 Å². The molecule has 1 fully saturated rings. The predicted octanol–water partition coefficient (Wildman–Crippen LogP) is 0.528. The lowest BCUT2D eigenvalue weighted by atomic mass is 10.0. The van der Waals surface area contributed by atoms with E-state index in [0.29, 0.717) is 12.3 Å². The first-order valence-corrected chi connectivity index (χ1v) is 5.50. The van der Waals surface area contributed by atoms with Gasteiger partial charge in [0.15, 0.2) is 0 Å². The molecule has 2 atom stereocenters. The van der Waals surface area contributed by atoms with Crippen molar-refractivity contribution in [3.8, 4) is 0 Å². The fourth-order valence-corrected chi connectivity index (χ4v) is 1.76. The highest BCUT2D eigenvalue weighted by Gasteiger charge is 2.14. The molecule has 1 saturated heterocycles. The molecule has 1 aliphatic rings. The summed E-state index contributed by atoms with van der Waals surface area (Å²) in [6.45, 7) is 4.72. The van der Waals surface area contributed by atoms with Gasteiger partial charge in [-0.2, -0.15) is 0 Å². The van der Waals surface area contributed by atoms with Crippen molar-refractivity contribution >= 4 is 5.84 Å². The van der Waals surface area contributed by atoms with E-state index < -0.39 is 0 Å². The molecule has 0 amide bonds. The molecule has 0 aromatic rings. The smallest absolute Gasteiger partial charge is 0.140 e. The van der Waals surface area contributed by atoms with Crippen molar-refractivity contribution < 1.29 is 9.94 Å². The first-order valence-electron chi connectivity index (χ1n) is 5.50. The fraction of sp³-hybridized carbons (Fsp3) is 0.900. The van der Waals surface area contributed by atoms with Gasteiger partial charge in [0.1, 0.15) is 5.84 Å². The van der Waals surface area contributed by atoms with Crippen molar-refractivity contribution in [2.24, 2.45) is 16.8 Å². The summed E-state index contributed by atoms with van der Waals surface area (Å²) in [6, 6.07) is 0.239. The summed E-state index contributed by atoms with van der Waals surface area (Å²) < 4.78 is 5.39. The molecule has 2 unspecified atom stereocenters. The van der Waals surface area contributed by atoms with Gasteiger partial charge in [-0.3, -0.25) is 0 Å². The van der Waals surface area contributed by atoms with E-state index in [-0.39, 0.29) is 11.9 Å². The average molecular weight is 215 g/mol. The standard InChI is InChI=1S/C10H21N3O2/c1-8(5-10(11)13-14)12-6-9-3-2-4-15-7-9/h8-9,12,14H,2-7H2,1H3,(H2,11,13). The molecular weight excluding hydrogens is 194 g/mol. The Labute approximate surface area is 90.7 Å². The van der Waals surface area contributed by atoms with Crippen molar-refractivity contribution in [2.45, 2.75) is 32.2 Å². The molecule has 1 heterocycles. The minimum atomic E-state index is 0.239. The van der Waals surface area contributed by atoms with Crippen LogP contribution in [0.15, 0.2) is 5.16 Å². The number of nitrogens with one attached hydrogen (secondary N) is 1. The zero-order valence-corrected chi connectivity index (χ0v) is 9.28. The van der Waals surface area contributed by atoms with Crippen LogP contribution < -0.4 is 11.1 Å². The SMILES string of the molecule is CC(CC(N)=NO)NCC1CCCOC1. The molecular formula is C10H21N3O2. The minimum absolute atomic E-state index is 0.239. The third-order valence-corrected chi connectivity index (χ3v) is 2.65. The molecule has 0 spiro atoms. The Morgan fingerprint density at radius 1 is 1.73 bits per heavy atom. The highest BCUT2D eigenvalue weighted by molar-refractivity contribution is 5.80. The fourth-order valence-electron chi connectivity index (χ4n) is 1.76. The normalized spacial score (nSPS) is 25.1. The van der Waals surface area contributed by atoms with Gasteiger partial charge in [-0.25, -0.2) is 0 Å². The molecule has 15 heavy (non-hydrogen) atoms. The Hall–Kier alpha value is -0.810. The molecule has 88 valence electrons. The first-order chi connectivity index (χ1) is 7.22. The third-order valence-electron chi connectivity index (χ3n) is 2.65. The number of rotatable bonds is 5. The van der Waals surface area contributed by atoms with E-state index in [2.05, 4.69) is 10.5 Å². The van der Waals surface area contributed by atoms with Gasteiger partial charge in [0.25, 0.3) is 0 Å². The second kappa shape index (κ2) is 6.63. The van der Waals surface area contributed by atoms with Crippen LogP contribution in [0.1, 0.15) is 26.2 Å². The lowest BCUT2D eigenvalue weighted by Gasteiger charge is -2.24. The van der Waals surface area contributed by atoms with Crippen LogP contribution in [0.4, 0.5) is 0 Å². The number of ether oxygens (including phenoxy) is 1. The van der Waals surface area contributed by atoms with Crippen LogP contribution >= 0.6 is 0 Å². The number of hydrogen-bond donors (Lipinski definition) is 3. The summed E-state index contributed by atoms with van der Waals surface area (Å²) in [7, 11) is 0. The Morgan fingerprint density at radius 3 is 3.13 bits per heavy atom. The molecule has 0 aromatic heterocycles. The van der Waals surface area contributed by atoms with Gasteiger partial charge in [0, 0.05) is 25.6 Å². The van der Waals surface area contributed by atoms with Gasteiger partial charge in [0.2, 0.25) is 0 Å². The van der Waals surface area contributed by atoms with Crippen LogP contribution in [-0.4, -0.2) is 36.8 Å². The molecule has 0 saturated carbocycles. The van der Waals surface area contributed by atoms with Gasteiger partial charge >= 0.3 is 0 Å². The highest BCUT2D eigenvalue weighted by atomic mass is 16.5. The van der Waals surface area contributed by atoms with E-state index in [1.54, 1.807) is 0 Å². The molecule has 4 N–H and O–H groups in total. The number of nitrogens with zero attached hydrogens (tertiary/aromatic N) is 1. The van der Waals surface area contributed by atoms with E-state index in [9.17, 15) is 0 Å². The average Bonchev–Trinajstić information content (AvgIpc) is 2.27. The number of oxime groups is 1. The van der Waals surface area contributed by atoms with Crippen molar-refractivity contribution in [3.05, 3.63) is 0 Å². The number of amidine groups is 1. The van der Waals surface area contributed by atoms with Crippen LogP contribution in [-0.2, 0) is 4.74 Å². The lowest BCUT2D eigenvalue weighted by Crippen LogP contribution is -2.36. The van der Waals surface area contributed by atoms with E-state index >= 15 is 0 Å². The lowest BCUT2D eigenvalue weighted by molar-refractivity contribution is 0.0541. The van der Waals surface area contributed by atoms with Crippen molar-refractivity contribution in [1.29, 1.82) is 0 Å². The maximum atomic E-state index is 8.42. The summed E-state index contributed by atoms with van der Waals surface area (Å²) >= 11 is 0. The molecule has 1 aliphatic heterocycles. The topological polar surface area (TPSA) is 79.9 Å². The van der Waals surface area contributed by atoms with Crippen LogP contribution in [0, 0.1) is 5.92 Å². The Morgan fingerprint density at radius 2 is 2.53 bits per heavy atom. The van der Waals surface area contributed by atoms with Gasteiger partial charge in [-0.05, 0) is 25.7 Å². The summed E-state index contributed by atoms with van der Waals surface area (Å²) in [5, 5.41) is 14.7. The maximum absolute atomic E-state index is 8.42. The van der Waals surface area contributed by atoms with Gasteiger partial charge < -0.3 is 21.0 Å². The zero-order chi connectivity index (χ0) is 11.1. The second-order valence-corrected chi connectivity index (χ2v) is 4.19. The van der Waals surface area contributed by atoms with Crippen molar-refractivity contribution in [2.75, 3.05) is 19.8 Å². The summed E-state index contributed by atoms with van der Waals surface area (Å²) in [6.07, 6.45) is 2.95. The quantitative estimate of drug-likeness (QED) is 0.270. The second-order valence-electron chi connectivity index (χ2n) is 4.19. The summed E-state index contributed by atoms with van der Waals surface area (Å²) in [4.78, 5) is 0. The van der Waals surface area contributed by atoms with Crippen molar-refractivity contribution in [3.63, 3.8) is 0 Å². The zero-order valence-electron chi connectivity index (χ0n) is 9.28. The molecule has 1 rings (SSSR count). The monoisotopic (exact) mass is 215 g/mol. The molecule has 0 bridgehead atoms. The van der Waals surface area contributed by atoms with Crippen LogP contribution in [0.25, 0.3) is 0 Å². The molecule has 5 heteroatoms. The first kappa shape index (κ1) is 12.3. The Balaban J connectivity index is 2.12. The van der Waals surface area contributed by atoms with E-state index in [4.69, 9.17) is 15.7 Å². The Kier molecular flexibility index (Phi) is 5.42. The summed E-state index contributed by atoms with van der Waals surface area (Å²) in [5.74, 6) is 0.878. The number of hydrogen-bond acceptors (Lipinski definition) is 4. The minimum Gasteiger partial charge on any atom is -0.409 e. The van der Waals surface area contributed by atoms with Gasteiger partial charge in [-0.1, -0.05) is 5.16 Å². The van der Waals surface area contributed by atoms with Gasteiger partial charge in [0.05, 0.1) is 6.61 Å². The van der Waals surface area contributed by atoms with Crippen molar-refractivity contribution in [1.82, 2.24) is 5.32 Å². The van der Waals surface area contributed by atoms with E-state index in [0.717, 1.165) is 26.2 Å². The predicted molar refractivity (Wildman–Crippen MR) is 59.0 cm³/mol. The van der Waals surface area contributed by atoms with Crippen LogP contribution in [0.5, 0.6) is 0 Å². The van der Waals surface area contributed by atoms with E-state index in [1.807, 2.05) is 6.92 Å². The molecule has 0 aliphatic carbocycles. The summed E-state index contributed by atoms with van der Waals surface area (Å²) in [5.41, 5.74) is 5.42. The molecule has 0 radical (unpaired) electrons. The maximum Gasteiger partial charge on any atom is 0.140 e. The molecule has 0 aromatic carbocycles. The highest BCUT2D eigenvalue weighted by Crippen LogP contribution is 2.12. The third kappa shape index (κ3) is 4.99. The van der Waals surface area contributed by atoms with E-state index in [1.165, 1.54) is 6.42 Å². The van der Waals surface area contributed by atoms with Crippen LogP contribution in [0.3, 0.4) is 0 Å². The molecule has 5 nitrogen and oxygen atoms in total. The van der Waals surface area contributed by atoms with Crippen LogP contribution in [0.2, 0.25) is 0 Å².